The number of carbonyl (C=O) groups is 1. The summed E-state index contributed by atoms with van der Waals surface area (Å²) in [6, 6.07) is 17.8. The molecule has 136 valence electrons. The van der Waals surface area contributed by atoms with Crippen LogP contribution in [0.4, 0.5) is 5.69 Å². The van der Waals surface area contributed by atoms with E-state index in [0.717, 1.165) is 27.5 Å². The van der Waals surface area contributed by atoms with Crippen LogP contribution < -0.4 is 5.32 Å². The van der Waals surface area contributed by atoms with E-state index >= 15 is 0 Å². The van der Waals surface area contributed by atoms with Gasteiger partial charge >= 0.3 is 0 Å². The molecule has 4 aromatic rings. The zero-order chi connectivity index (χ0) is 19.0. The Morgan fingerprint density at radius 3 is 2.56 bits per heavy atom. The number of para-hydroxylation sites is 1. The molecule has 27 heavy (non-hydrogen) atoms. The molecule has 0 atom stereocenters. The van der Waals surface area contributed by atoms with Crippen LogP contribution in [0.25, 0.3) is 20.8 Å². The van der Waals surface area contributed by atoms with Gasteiger partial charge in [-0.15, -0.1) is 11.3 Å². The van der Waals surface area contributed by atoms with Crippen LogP contribution in [0.2, 0.25) is 0 Å². The lowest BCUT2D eigenvalue weighted by molar-refractivity contribution is 0.101. The van der Waals surface area contributed by atoms with Crippen molar-refractivity contribution in [2.45, 2.75) is 26.8 Å². The first-order valence-corrected chi connectivity index (χ1v) is 9.66. The Hall–Kier alpha value is -2.99. The van der Waals surface area contributed by atoms with Crippen LogP contribution in [0.3, 0.4) is 0 Å². The number of nitrogens with one attached hydrogen (secondary N) is 1. The third kappa shape index (κ3) is 3.48. The summed E-state index contributed by atoms with van der Waals surface area (Å²) in [7, 11) is 0. The van der Waals surface area contributed by atoms with Crippen LogP contribution in [0.5, 0.6) is 0 Å². The van der Waals surface area contributed by atoms with Gasteiger partial charge in [0.25, 0.3) is 5.91 Å². The lowest BCUT2D eigenvalue weighted by atomic mass is 10.2. The van der Waals surface area contributed by atoms with Gasteiger partial charge in [-0.25, -0.2) is 4.98 Å². The molecule has 0 unspecified atom stereocenters. The summed E-state index contributed by atoms with van der Waals surface area (Å²) in [5.41, 5.74) is 4.20. The molecule has 0 bridgehead atoms. The standard InChI is InChI=1S/C21H20N4OS/c1-13(2)25-18(12-14(3)24-25)20(26)22-16-10-8-15(9-11-16)21-23-17-6-4-5-7-19(17)27-21/h4-13H,1-3H3,(H,22,26). The van der Waals surface area contributed by atoms with Crippen molar-refractivity contribution in [3.05, 3.63) is 66.0 Å². The molecule has 0 saturated carbocycles. The number of amides is 1. The van der Waals surface area contributed by atoms with Gasteiger partial charge in [0.05, 0.1) is 15.9 Å². The average Bonchev–Trinajstić information content (AvgIpc) is 3.26. The molecule has 0 fully saturated rings. The fourth-order valence-corrected chi connectivity index (χ4v) is 3.94. The number of anilines is 1. The number of fused-ring (bicyclic) bond motifs is 1. The number of benzene rings is 2. The smallest absolute Gasteiger partial charge is 0.273 e. The molecule has 6 heteroatoms. The highest BCUT2D eigenvalue weighted by molar-refractivity contribution is 7.21. The number of carbonyl (C=O) groups excluding carboxylic acids is 1. The first kappa shape index (κ1) is 17.4. The van der Waals surface area contributed by atoms with Crippen LogP contribution in [-0.2, 0) is 0 Å². The minimum Gasteiger partial charge on any atom is -0.321 e. The molecule has 2 heterocycles. The summed E-state index contributed by atoms with van der Waals surface area (Å²) in [5.74, 6) is -0.156. The van der Waals surface area contributed by atoms with Gasteiger partial charge in [-0.1, -0.05) is 12.1 Å². The van der Waals surface area contributed by atoms with Crippen LogP contribution >= 0.6 is 11.3 Å². The fourth-order valence-electron chi connectivity index (χ4n) is 2.97. The molecule has 0 radical (unpaired) electrons. The van der Waals surface area contributed by atoms with E-state index in [1.807, 2.05) is 69.3 Å². The van der Waals surface area contributed by atoms with Gasteiger partial charge in [0, 0.05) is 17.3 Å². The van der Waals surface area contributed by atoms with Crippen LogP contribution in [-0.4, -0.2) is 20.7 Å². The Morgan fingerprint density at radius 2 is 1.85 bits per heavy atom. The SMILES string of the molecule is Cc1cc(C(=O)Nc2ccc(-c3nc4ccccc4s3)cc2)n(C(C)C)n1. The van der Waals surface area contributed by atoms with Crippen molar-refractivity contribution >= 4 is 33.1 Å². The van der Waals surface area contributed by atoms with Crippen molar-refractivity contribution in [1.29, 1.82) is 0 Å². The van der Waals surface area contributed by atoms with E-state index in [1.165, 1.54) is 4.70 Å². The molecule has 0 aliphatic heterocycles. The summed E-state index contributed by atoms with van der Waals surface area (Å²) in [6.45, 7) is 5.91. The molecule has 0 spiro atoms. The number of thiazole rings is 1. The molecular weight excluding hydrogens is 356 g/mol. The zero-order valence-electron chi connectivity index (χ0n) is 15.4. The molecule has 0 aliphatic rings. The summed E-state index contributed by atoms with van der Waals surface area (Å²) in [5, 5.41) is 8.33. The molecule has 5 nitrogen and oxygen atoms in total. The number of hydrogen-bond acceptors (Lipinski definition) is 4. The summed E-state index contributed by atoms with van der Waals surface area (Å²) < 4.78 is 2.92. The number of aryl methyl sites for hydroxylation is 1. The lowest BCUT2D eigenvalue weighted by Gasteiger charge is -2.11. The lowest BCUT2D eigenvalue weighted by Crippen LogP contribution is -2.18. The largest absolute Gasteiger partial charge is 0.321 e. The van der Waals surface area contributed by atoms with Crippen LogP contribution in [0.1, 0.15) is 36.1 Å². The van der Waals surface area contributed by atoms with Gasteiger partial charge in [-0.05, 0) is 63.2 Å². The van der Waals surface area contributed by atoms with E-state index in [0.29, 0.717) is 5.69 Å². The second-order valence-electron chi connectivity index (χ2n) is 6.73. The fraction of sp³-hybridized carbons (Fsp3) is 0.190. The Kier molecular flexibility index (Phi) is 4.49. The van der Waals surface area contributed by atoms with E-state index in [-0.39, 0.29) is 11.9 Å². The predicted molar refractivity (Wildman–Crippen MR) is 110 cm³/mol. The number of nitrogens with zero attached hydrogens (tertiary/aromatic N) is 3. The maximum atomic E-state index is 12.6. The second-order valence-corrected chi connectivity index (χ2v) is 7.76. The maximum absolute atomic E-state index is 12.6. The third-order valence-corrected chi connectivity index (χ3v) is 5.35. The number of hydrogen-bond donors (Lipinski definition) is 1. The minimum absolute atomic E-state index is 0.126. The number of rotatable bonds is 4. The molecule has 4 rings (SSSR count). The van der Waals surface area contributed by atoms with Gasteiger partial charge in [-0.3, -0.25) is 9.48 Å². The van der Waals surface area contributed by atoms with Gasteiger partial charge < -0.3 is 5.32 Å². The van der Waals surface area contributed by atoms with Gasteiger partial charge in [0.15, 0.2) is 0 Å². The monoisotopic (exact) mass is 376 g/mol. The van der Waals surface area contributed by atoms with Crippen LogP contribution in [0.15, 0.2) is 54.6 Å². The van der Waals surface area contributed by atoms with Gasteiger partial charge in [-0.2, -0.15) is 5.10 Å². The predicted octanol–water partition coefficient (Wildman–Crippen LogP) is 5.30. The van der Waals surface area contributed by atoms with E-state index < -0.39 is 0 Å². The summed E-state index contributed by atoms with van der Waals surface area (Å²) in [4.78, 5) is 17.3. The quantitative estimate of drug-likeness (QED) is 0.526. The van der Waals surface area contributed by atoms with Crippen LogP contribution in [0, 0.1) is 6.92 Å². The molecule has 2 aromatic heterocycles. The zero-order valence-corrected chi connectivity index (χ0v) is 16.2. The van der Waals surface area contributed by atoms with Crippen molar-refractivity contribution in [3.8, 4) is 10.6 Å². The first-order chi connectivity index (χ1) is 13.0. The van der Waals surface area contributed by atoms with Crippen molar-refractivity contribution in [2.24, 2.45) is 0 Å². The van der Waals surface area contributed by atoms with E-state index in [9.17, 15) is 4.79 Å². The molecule has 1 N–H and O–H groups in total. The summed E-state index contributed by atoms with van der Waals surface area (Å²) >= 11 is 1.66. The normalized spacial score (nSPS) is 11.3. The molecule has 0 aliphatic carbocycles. The Bertz CT molecular complexity index is 1080. The highest BCUT2D eigenvalue weighted by Crippen LogP contribution is 2.30. The van der Waals surface area contributed by atoms with Gasteiger partial charge in [0.2, 0.25) is 0 Å². The van der Waals surface area contributed by atoms with Crippen molar-refractivity contribution in [3.63, 3.8) is 0 Å². The topological polar surface area (TPSA) is 59.8 Å². The maximum Gasteiger partial charge on any atom is 0.273 e. The third-order valence-electron chi connectivity index (χ3n) is 4.26. The molecule has 0 saturated heterocycles. The minimum atomic E-state index is -0.156. The Balaban J connectivity index is 1.55. The van der Waals surface area contributed by atoms with E-state index in [1.54, 1.807) is 16.0 Å². The molecule has 2 aromatic carbocycles. The highest BCUT2D eigenvalue weighted by Gasteiger charge is 2.16. The van der Waals surface area contributed by atoms with E-state index in [2.05, 4.69) is 21.5 Å². The number of aromatic nitrogens is 3. The average molecular weight is 376 g/mol. The first-order valence-electron chi connectivity index (χ1n) is 8.85. The molecular formula is C21H20N4OS. The summed E-state index contributed by atoms with van der Waals surface area (Å²) in [6.07, 6.45) is 0. The van der Waals surface area contributed by atoms with Crippen molar-refractivity contribution in [1.82, 2.24) is 14.8 Å². The van der Waals surface area contributed by atoms with Gasteiger partial charge in [0.1, 0.15) is 10.7 Å². The van der Waals surface area contributed by atoms with Crippen molar-refractivity contribution in [2.75, 3.05) is 5.32 Å². The highest BCUT2D eigenvalue weighted by atomic mass is 32.1. The Labute approximate surface area is 161 Å². The Morgan fingerprint density at radius 1 is 1.11 bits per heavy atom. The second kappa shape index (κ2) is 6.96. The van der Waals surface area contributed by atoms with Crippen molar-refractivity contribution < 1.29 is 4.79 Å². The molecule has 1 amide bonds. The van der Waals surface area contributed by atoms with E-state index in [4.69, 9.17) is 0 Å².